The first-order valence-electron chi connectivity index (χ1n) is 6.05. The van der Waals surface area contributed by atoms with Gasteiger partial charge >= 0.3 is 0 Å². The topological polar surface area (TPSA) is 88.5 Å². The maximum Gasteiger partial charge on any atom is 0.232 e. The predicted molar refractivity (Wildman–Crippen MR) is 80.5 cm³/mol. The third-order valence-electron chi connectivity index (χ3n) is 2.43. The molecule has 0 spiro atoms. The van der Waals surface area contributed by atoms with Crippen molar-refractivity contribution in [1.82, 2.24) is 15.3 Å². The van der Waals surface area contributed by atoms with Crippen molar-refractivity contribution in [2.24, 2.45) is 4.99 Å². The van der Waals surface area contributed by atoms with Crippen LogP contribution in [0.2, 0.25) is 0 Å². The van der Waals surface area contributed by atoms with Crippen molar-refractivity contribution in [2.75, 3.05) is 11.9 Å². The zero-order valence-corrected chi connectivity index (χ0v) is 13.2. The van der Waals surface area contributed by atoms with E-state index in [9.17, 15) is 4.79 Å². The molecule has 0 radical (unpaired) electrons. The monoisotopic (exact) mass is 351 g/mol. The van der Waals surface area contributed by atoms with Gasteiger partial charge in [-0.05, 0) is 13.0 Å². The average Bonchev–Trinajstić information content (AvgIpc) is 2.37. The van der Waals surface area contributed by atoms with E-state index in [0.29, 0.717) is 6.61 Å². The molecule has 1 unspecified atom stereocenters. The van der Waals surface area contributed by atoms with Gasteiger partial charge in [0, 0.05) is 12.8 Å². The van der Waals surface area contributed by atoms with Gasteiger partial charge in [0.2, 0.25) is 21.6 Å². The van der Waals surface area contributed by atoms with E-state index >= 15 is 0 Å². The number of carbonyl (C=O) groups excluding carboxylic acids is 1. The van der Waals surface area contributed by atoms with Gasteiger partial charge in [0.1, 0.15) is 0 Å². The Balaban J connectivity index is 2.15. The molecule has 1 aliphatic heterocycles. The first-order valence-corrected chi connectivity index (χ1v) is 7.18. The van der Waals surface area contributed by atoms with E-state index < -0.39 is 10.0 Å². The van der Waals surface area contributed by atoms with Crippen molar-refractivity contribution < 1.29 is 9.53 Å². The smallest absolute Gasteiger partial charge is 0.232 e. The van der Waals surface area contributed by atoms with Gasteiger partial charge < -0.3 is 4.74 Å². The van der Waals surface area contributed by atoms with Gasteiger partial charge in [-0.2, -0.15) is 0 Å². The van der Waals surface area contributed by atoms with E-state index in [-0.39, 0.29) is 29.9 Å². The number of amides is 1. The van der Waals surface area contributed by atoms with Gasteiger partial charge in [-0.1, -0.05) is 34.8 Å². The van der Waals surface area contributed by atoms with Gasteiger partial charge in [-0.15, -0.1) is 0 Å². The van der Waals surface area contributed by atoms with E-state index in [1.165, 1.54) is 12.3 Å². The molecule has 1 atom stereocenters. The molecule has 1 amide bonds. The number of carbonyl (C=O) groups is 1. The lowest BCUT2D eigenvalue weighted by molar-refractivity contribution is -0.123. The van der Waals surface area contributed by atoms with Crippen molar-refractivity contribution in [2.45, 2.75) is 23.4 Å². The Morgan fingerprint density at radius 3 is 2.95 bits per heavy atom. The van der Waals surface area contributed by atoms with Crippen LogP contribution in [0.1, 0.15) is 19.0 Å². The van der Waals surface area contributed by atoms with Gasteiger partial charge in [-0.3, -0.25) is 15.4 Å². The number of halogens is 3. The SMILES string of the molecule is CCOC1CC(=O)NC(Nc2nccc(C(Cl)(Cl)Cl)n2)=N1. The molecular formula is C11H12Cl3N5O2. The minimum Gasteiger partial charge on any atom is -0.356 e. The van der Waals surface area contributed by atoms with Crippen molar-refractivity contribution in [3.05, 3.63) is 18.0 Å². The minimum absolute atomic E-state index is 0.148. The maximum atomic E-state index is 11.6. The molecule has 0 saturated carbocycles. The summed E-state index contributed by atoms with van der Waals surface area (Å²) in [5.41, 5.74) is 0.203. The van der Waals surface area contributed by atoms with E-state index in [0.717, 1.165) is 0 Å². The Bertz CT molecular complexity index is 561. The van der Waals surface area contributed by atoms with Crippen molar-refractivity contribution in [3.8, 4) is 0 Å². The Hall–Kier alpha value is -1.15. The molecule has 1 aromatic rings. The number of nitrogens with one attached hydrogen (secondary N) is 2. The third kappa shape index (κ3) is 4.67. The molecule has 2 heterocycles. The molecule has 21 heavy (non-hydrogen) atoms. The van der Waals surface area contributed by atoms with Gasteiger partial charge in [0.05, 0.1) is 12.1 Å². The molecule has 2 N–H and O–H groups in total. The number of hydrogen-bond acceptors (Lipinski definition) is 6. The van der Waals surface area contributed by atoms with E-state index in [1.54, 1.807) is 0 Å². The molecule has 114 valence electrons. The summed E-state index contributed by atoms with van der Waals surface area (Å²) in [5.74, 6) is 0.115. The second-order valence-corrected chi connectivity index (χ2v) is 6.31. The molecule has 0 saturated heterocycles. The van der Waals surface area contributed by atoms with Crippen LogP contribution < -0.4 is 10.6 Å². The summed E-state index contributed by atoms with van der Waals surface area (Å²) in [5, 5.41) is 5.30. The van der Waals surface area contributed by atoms with Crippen LogP contribution in [0.4, 0.5) is 5.95 Å². The van der Waals surface area contributed by atoms with E-state index in [4.69, 9.17) is 39.5 Å². The highest BCUT2D eigenvalue weighted by Crippen LogP contribution is 2.36. The molecule has 0 aliphatic carbocycles. The van der Waals surface area contributed by atoms with Crippen LogP contribution in [-0.2, 0) is 13.3 Å². The first kappa shape index (κ1) is 16.2. The summed E-state index contributed by atoms with van der Waals surface area (Å²) in [6.07, 6.45) is 1.05. The molecule has 0 bridgehead atoms. The van der Waals surface area contributed by atoms with Crippen LogP contribution in [-0.4, -0.2) is 34.7 Å². The van der Waals surface area contributed by atoms with Crippen LogP contribution in [0.3, 0.4) is 0 Å². The fourth-order valence-corrected chi connectivity index (χ4v) is 1.91. The van der Waals surface area contributed by atoms with Crippen molar-refractivity contribution in [3.63, 3.8) is 0 Å². The normalized spacial score (nSPS) is 19.0. The highest BCUT2D eigenvalue weighted by Gasteiger charge is 2.26. The summed E-state index contributed by atoms with van der Waals surface area (Å²) in [4.78, 5) is 23.8. The van der Waals surface area contributed by atoms with Crippen molar-refractivity contribution >= 4 is 52.6 Å². The summed E-state index contributed by atoms with van der Waals surface area (Å²) in [6, 6.07) is 1.47. The fraction of sp³-hybridized carbons (Fsp3) is 0.455. The number of aliphatic imine (C=N–C) groups is 1. The highest BCUT2D eigenvalue weighted by molar-refractivity contribution is 6.66. The number of anilines is 1. The molecule has 1 aliphatic rings. The molecule has 7 nitrogen and oxygen atoms in total. The van der Waals surface area contributed by atoms with Crippen LogP contribution >= 0.6 is 34.8 Å². The lowest BCUT2D eigenvalue weighted by atomic mass is 10.3. The fourth-order valence-electron chi connectivity index (χ4n) is 1.60. The summed E-state index contributed by atoms with van der Waals surface area (Å²) >= 11 is 17.3. The van der Waals surface area contributed by atoms with E-state index in [2.05, 4.69) is 25.6 Å². The zero-order chi connectivity index (χ0) is 15.5. The lowest BCUT2D eigenvalue weighted by Gasteiger charge is -2.21. The number of guanidine groups is 1. The number of alkyl halides is 3. The second kappa shape index (κ2) is 6.74. The molecular weight excluding hydrogens is 341 g/mol. The number of hydrogen-bond donors (Lipinski definition) is 2. The Labute approximate surface area is 136 Å². The molecule has 2 rings (SSSR count). The summed E-state index contributed by atoms with van der Waals surface area (Å²) < 4.78 is 3.64. The summed E-state index contributed by atoms with van der Waals surface area (Å²) in [6.45, 7) is 2.27. The largest absolute Gasteiger partial charge is 0.356 e. The molecule has 0 fully saturated rings. The summed E-state index contributed by atoms with van der Waals surface area (Å²) in [7, 11) is 0. The third-order valence-corrected chi connectivity index (χ3v) is 3.01. The Morgan fingerprint density at radius 2 is 2.29 bits per heavy atom. The lowest BCUT2D eigenvalue weighted by Crippen LogP contribution is -2.43. The number of aromatic nitrogens is 2. The van der Waals surface area contributed by atoms with Gasteiger partial charge in [-0.25, -0.2) is 15.0 Å². The van der Waals surface area contributed by atoms with Crippen molar-refractivity contribution in [1.29, 1.82) is 0 Å². The van der Waals surface area contributed by atoms with Crippen LogP contribution in [0.25, 0.3) is 0 Å². The number of ether oxygens (including phenoxy) is 1. The molecule has 10 heteroatoms. The highest BCUT2D eigenvalue weighted by atomic mass is 35.6. The standard InChI is InChI=1S/C11H12Cl3N5O2/c1-2-21-8-5-7(20)17-10(18-8)19-9-15-4-3-6(16-9)11(12,13)14/h3-4,8H,2,5H2,1H3,(H2,15,16,17,18,19,20). The van der Waals surface area contributed by atoms with Crippen LogP contribution in [0.5, 0.6) is 0 Å². The quantitative estimate of drug-likeness (QED) is 0.812. The number of nitrogens with zero attached hydrogens (tertiary/aromatic N) is 3. The average molecular weight is 353 g/mol. The predicted octanol–water partition coefficient (Wildman–Crippen LogP) is 1.95. The van der Waals surface area contributed by atoms with Gasteiger partial charge in [0.25, 0.3) is 0 Å². The maximum absolute atomic E-state index is 11.6. The zero-order valence-electron chi connectivity index (χ0n) is 10.9. The Morgan fingerprint density at radius 1 is 1.52 bits per heavy atom. The van der Waals surface area contributed by atoms with Crippen LogP contribution in [0, 0.1) is 0 Å². The minimum atomic E-state index is -1.66. The Kier molecular flexibility index (Phi) is 5.21. The first-order chi connectivity index (χ1) is 9.88. The van der Waals surface area contributed by atoms with Gasteiger partial charge in [0.15, 0.2) is 6.23 Å². The van der Waals surface area contributed by atoms with Crippen LogP contribution in [0.15, 0.2) is 17.3 Å². The second-order valence-electron chi connectivity index (χ2n) is 4.03. The van der Waals surface area contributed by atoms with E-state index in [1.807, 2.05) is 6.92 Å². The molecule has 1 aromatic heterocycles. The molecule has 0 aromatic carbocycles. The number of rotatable bonds is 3.